The minimum atomic E-state index is -3.44. The summed E-state index contributed by atoms with van der Waals surface area (Å²) < 4.78 is 2.07. The van der Waals surface area contributed by atoms with Crippen molar-refractivity contribution in [1.82, 2.24) is 0 Å². The summed E-state index contributed by atoms with van der Waals surface area (Å²) in [6.45, 7) is 7.45. The molecule has 0 spiro atoms. The Labute approximate surface area is 319 Å². The van der Waals surface area contributed by atoms with E-state index in [0.29, 0.717) is 7.25 Å². The molecule has 9 rings (SSSR count). The second-order valence-corrected chi connectivity index (χ2v) is 31.7. The average Bonchev–Trinajstić information content (AvgIpc) is 3.61. The van der Waals surface area contributed by atoms with Crippen LogP contribution >= 0.6 is 0 Å². The fourth-order valence-corrected chi connectivity index (χ4v) is 31.0. The summed E-state index contributed by atoms with van der Waals surface area (Å²) in [7, 11) is 0. The Morgan fingerprint density at radius 1 is 0.431 bits per heavy atom. The van der Waals surface area contributed by atoms with E-state index < -0.39 is 18.9 Å². The van der Waals surface area contributed by atoms with E-state index in [1.165, 1.54) is 64.6 Å². The maximum atomic E-state index is 2.48. The number of hydrogen-bond donors (Lipinski definition) is 0. The second kappa shape index (κ2) is 14.3. The van der Waals surface area contributed by atoms with Crippen molar-refractivity contribution in [2.45, 2.75) is 25.2 Å². The third-order valence-corrected chi connectivity index (χ3v) is 29.6. The van der Waals surface area contributed by atoms with Gasteiger partial charge in [-0.3, -0.25) is 0 Å². The predicted octanol–water partition coefficient (Wildman–Crippen LogP) is 5.36. The monoisotopic (exact) mass is 791 g/mol. The van der Waals surface area contributed by atoms with Gasteiger partial charge in [-0.25, -0.2) is 0 Å². The first-order chi connectivity index (χ1) is 24.0. The molecule has 0 N–H and O–H groups in total. The van der Waals surface area contributed by atoms with Crippen LogP contribution in [-0.4, -0.2) is 6.88 Å². The first kappa shape index (κ1) is 35.6. The summed E-state index contributed by atoms with van der Waals surface area (Å²) >= 11 is -3.44. The van der Waals surface area contributed by atoms with Gasteiger partial charge in [0.05, 0.1) is 0 Å². The quantitative estimate of drug-likeness (QED) is 0.199. The molecule has 0 saturated carbocycles. The summed E-state index contributed by atoms with van der Waals surface area (Å²) in [5.74, 6) is 0. The molecule has 2 aliphatic rings. The standard InChI is InChI=1S/2C20H15.C7H7.2ClH.H2Si.Zr/c2*1-14-13-16-8-3-5-11-18(16)20(14)19-12-6-9-15-7-2-4-10-17(15)19;1-7-5-3-2-4-6-7;;;;/h2*2-13H,1H3;2-6H,1H2;2*1H;1H2;/q;;;;;;+2/p-2. The summed E-state index contributed by atoms with van der Waals surface area (Å²) in [6, 6.07) is 61.8. The Kier molecular flexibility index (Phi) is 10.0. The predicted molar refractivity (Wildman–Crippen MR) is 208 cm³/mol. The van der Waals surface area contributed by atoms with Crippen molar-refractivity contribution in [3.8, 4) is 0 Å². The van der Waals surface area contributed by atoms with Crippen molar-refractivity contribution >= 4 is 39.6 Å². The van der Waals surface area contributed by atoms with Gasteiger partial charge in [-0.2, -0.15) is 0 Å². The molecule has 0 radical (unpaired) electrons. The van der Waals surface area contributed by atoms with Gasteiger partial charge in [-0.1, -0.05) is 0 Å². The number of allylic oxidation sites excluding steroid dienone is 2. The second-order valence-electron chi connectivity index (χ2n) is 14.1. The number of benzene rings is 7. The molecule has 7 aromatic carbocycles. The molecule has 0 fully saturated rings. The molecule has 0 nitrogen and oxygen atoms in total. The van der Waals surface area contributed by atoms with Gasteiger partial charge in [0.1, 0.15) is 0 Å². The zero-order valence-corrected chi connectivity index (χ0v) is 34.3. The molecule has 0 heterocycles. The van der Waals surface area contributed by atoms with Gasteiger partial charge in [0.15, 0.2) is 0 Å². The fourth-order valence-electron chi connectivity index (χ4n) is 9.56. The van der Waals surface area contributed by atoms with Gasteiger partial charge < -0.3 is 24.8 Å². The van der Waals surface area contributed by atoms with Crippen molar-refractivity contribution in [2.24, 2.45) is 0 Å². The van der Waals surface area contributed by atoms with E-state index in [4.69, 9.17) is 0 Å². The Bertz CT molecular complexity index is 2380. The maximum Gasteiger partial charge on any atom is -1.00 e. The van der Waals surface area contributed by atoms with Crippen molar-refractivity contribution in [3.63, 3.8) is 0 Å². The molecule has 4 heteroatoms. The van der Waals surface area contributed by atoms with E-state index >= 15 is 0 Å². The van der Waals surface area contributed by atoms with Crippen LogP contribution in [0.5, 0.6) is 0 Å². The van der Waals surface area contributed by atoms with Gasteiger partial charge in [0.2, 0.25) is 0 Å². The van der Waals surface area contributed by atoms with Crippen LogP contribution in [0.15, 0.2) is 175 Å². The van der Waals surface area contributed by atoms with Crippen LogP contribution < -0.4 is 24.8 Å². The molecule has 2 atom stereocenters. The maximum absolute atomic E-state index is 3.44. The van der Waals surface area contributed by atoms with Crippen LogP contribution in [0, 0.1) is 0 Å². The normalized spacial score (nSPS) is 16.8. The average molecular weight is 794 g/mol. The topological polar surface area (TPSA) is 0 Å². The Morgan fingerprint density at radius 3 is 1.29 bits per heavy atom. The van der Waals surface area contributed by atoms with Crippen LogP contribution in [0.4, 0.5) is 0 Å². The first-order valence-electron chi connectivity index (χ1n) is 17.5. The van der Waals surface area contributed by atoms with E-state index in [-0.39, 0.29) is 24.8 Å². The van der Waals surface area contributed by atoms with Crippen molar-refractivity contribution in [3.05, 3.63) is 214 Å². The summed E-state index contributed by atoms with van der Waals surface area (Å²) in [5.41, 5.74) is 16.3. The van der Waals surface area contributed by atoms with E-state index in [1.54, 1.807) is 22.3 Å². The van der Waals surface area contributed by atoms with Gasteiger partial charge in [0, 0.05) is 0 Å². The summed E-state index contributed by atoms with van der Waals surface area (Å²) in [4.78, 5) is 0. The third-order valence-electron chi connectivity index (χ3n) is 11.4. The Balaban J connectivity index is 0.00000203. The molecule has 0 saturated heterocycles. The van der Waals surface area contributed by atoms with Crippen molar-refractivity contribution in [1.29, 1.82) is 0 Å². The molecule has 0 amide bonds. The Hall–Kier alpha value is -3.78. The van der Waals surface area contributed by atoms with Crippen LogP contribution in [0.3, 0.4) is 0 Å². The zero-order valence-electron chi connectivity index (χ0n) is 28.9. The summed E-state index contributed by atoms with van der Waals surface area (Å²) in [6.07, 6.45) is 0. The first-order valence-corrected chi connectivity index (χ1v) is 28.0. The van der Waals surface area contributed by atoms with Gasteiger partial charge in [0.25, 0.3) is 0 Å². The molecular weight excluding hydrogens is 755 g/mol. The van der Waals surface area contributed by atoms with Crippen molar-refractivity contribution in [2.75, 3.05) is 0 Å². The molecule has 7 aromatic rings. The number of hydrogen-bond acceptors (Lipinski definition) is 0. The minimum Gasteiger partial charge on any atom is -1.00 e. The Morgan fingerprint density at radius 2 is 0.804 bits per heavy atom. The number of halogens is 2. The minimum absolute atomic E-state index is 0. The van der Waals surface area contributed by atoms with E-state index in [9.17, 15) is 0 Å². The molecule has 2 unspecified atom stereocenters. The molecule has 0 aliphatic heterocycles. The molecule has 0 aromatic heterocycles. The summed E-state index contributed by atoms with van der Waals surface area (Å²) in [5, 5.41) is 5.30. The van der Waals surface area contributed by atoms with Gasteiger partial charge in [-0.15, -0.1) is 0 Å². The zero-order chi connectivity index (χ0) is 33.1. The largest absolute Gasteiger partial charge is 1.00 e. The van der Waals surface area contributed by atoms with Crippen LogP contribution in [0.1, 0.15) is 60.0 Å². The van der Waals surface area contributed by atoms with Crippen LogP contribution in [-0.2, 0) is 23.0 Å². The van der Waals surface area contributed by atoms with E-state index in [2.05, 4.69) is 185 Å². The molecule has 0 bridgehead atoms. The van der Waals surface area contributed by atoms with E-state index in [0.717, 1.165) is 0 Å². The fraction of sp³-hybridized carbons (Fsp3) is 0.106. The smallest absolute Gasteiger partial charge is 1.00 e. The van der Waals surface area contributed by atoms with E-state index in [1.807, 2.05) is 0 Å². The molecule has 249 valence electrons. The van der Waals surface area contributed by atoms with Crippen LogP contribution in [0.25, 0.3) is 32.7 Å². The van der Waals surface area contributed by atoms with Crippen LogP contribution in [0.2, 0.25) is 0 Å². The molecule has 2 aliphatic carbocycles. The molecule has 51 heavy (non-hydrogen) atoms. The third kappa shape index (κ3) is 5.76. The number of fused-ring (bicyclic) bond motifs is 4. The number of rotatable bonds is 6. The SMILES string of the molecule is CC1=C(c2cccc3ccccc23)c2ccccc2[CH]1[Zr+2](=[SiH2])([CH2]c1ccccc1)[CH]1C(C)=C(c2cccc3ccccc23)c2ccccc21.[Cl-].[Cl-]. The van der Waals surface area contributed by atoms with Gasteiger partial charge in [-0.05, 0) is 0 Å². The van der Waals surface area contributed by atoms with Gasteiger partial charge >= 0.3 is 298 Å². The van der Waals surface area contributed by atoms with Crippen molar-refractivity contribution < 1.29 is 43.7 Å². The molecular formula is C47H39Cl2SiZr.